The molecule has 1 unspecified atom stereocenters. The fourth-order valence-corrected chi connectivity index (χ4v) is 0.626. The lowest BCUT2D eigenvalue weighted by Crippen LogP contribution is -2.38. The standard InChI is InChI=1S/C8H16N2O4/c1-3-6(2)9-4-7(11)10-14-5-8(12)13/h6,9H,3-5H2,1-2H3,(H,10,11)(H,12,13). The molecule has 0 radical (unpaired) electrons. The summed E-state index contributed by atoms with van der Waals surface area (Å²) in [5, 5.41) is 11.1. The highest BCUT2D eigenvalue weighted by Crippen LogP contribution is 1.85. The average Bonchev–Trinajstić information content (AvgIpc) is 2.13. The maximum absolute atomic E-state index is 11.0. The Morgan fingerprint density at radius 3 is 2.64 bits per heavy atom. The quantitative estimate of drug-likeness (QED) is 0.487. The van der Waals surface area contributed by atoms with Crippen LogP contribution in [-0.4, -0.2) is 36.2 Å². The predicted molar refractivity (Wildman–Crippen MR) is 49.5 cm³/mol. The van der Waals surface area contributed by atoms with Crippen LogP contribution in [0.25, 0.3) is 0 Å². The molecule has 0 bridgehead atoms. The molecule has 0 aromatic carbocycles. The molecule has 0 fully saturated rings. The largest absolute Gasteiger partial charge is 0.479 e. The molecule has 0 aliphatic rings. The fraction of sp³-hybridized carbons (Fsp3) is 0.750. The molecule has 0 saturated carbocycles. The van der Waals surface area contributed by atoms with Crippen LogP contribution in [0.15, 0.2) is 0 Å². The van der Waals surface area contributed by atoms with Crippen molar-refractivity contribution < 1.29 is 19.5 Å². The van der Waals surface area contributed by atoms with Gasteiger partial charge in [-0.1, -0.05) is 6.92 Å². The smallest absolute Gasteiger partial charge is 0.332 e. The van der Waals surface area contributed by atoms with Gasteiger partial charge in [-0.05, 0) is 13.3 Å². The van der Waals surface area contributed by atoms with Gasteiger partial charge in [-0.2, -0.15) is 0 Å². The van der Waals surface area contributed by atoms with Crippen LogP contribution in [0.2, 0.25) is 0 Å². The topological polar surface area (TPSA) is 87.7 Å². The van der Waals surface area contributed by atoms with Crippen molar-refractivity contribution in [3.05, 3.63) is 0 Å². The second kappa shape index (κ2) is 7.28. The molecule has 0 aliphatic heterocycles. The third-order valence-electron chi connectivity index (χ3n) is 1.61. The Bertz CT molecular complexity index is 196. The normalized spacial score (nSPS) is 12.1. The average molecular weight is 204 g/mol. The maximum Gasteiger partial charge on any atom is 0.332 e. The van der Waals surface area contributed by atoms with Gasteiger partial charge >= 0.3 is 5.97 Å². The molecule has 0 rings (SSSR count). The summed E-state index contributed by atoms with van der Waals surface area (Å²) >= 11 is 0. The monoisotopic (exact) mass is 204 g/mol. The van der Waals surface area contributed by atoms with E-state index in [9.17, 15) is 9.59 Å². The molecule has 6 heteroatoms. The first kappa shape index (κ1) is 12.9. The molecule has 0 heterocycles. The number of hydrogen-bond acceptors (Lipinski definition) is 4. The van der Waals surface area contributed by atoms with Crippen molar-refractivity contribution in [1.29, 1.82) is 0 Å². The molecule has 0 spiro atoms. The summed E-state index contributed by atoms with van der Waals surface area (Å²) in [6, 6.07) is 0.250. The summed E-state index contributed by atoms with van der Waals surface area (Å²) in [6.07, 6.45) is 0.920. The van der Waals surface area contributed by atoms with Gasteiger partial charge in [0, 0.05) is 6.04 Å². The molecule has 0 aliphatic carbocycles. The zero-order chi connectivity index (χ0) is 11.0. The molecule has 1 amide bonds. The molecule has 6 nitrogen and oxygen atoms in total. The number of carbonyl (C=O) groups is 2. The van der Waals surface area contributed by atoms with E-state index in [0.29, 0.717) is 0 Å². The molecule has 82 valence electrons. The summed E-state index contributed by atoms with van der Waals surface area (Å²) in [5.41, 5.74) is 2.01. The number of rotatable bonds is 7. The van der Waals surface area contributed by atoms with Crippen LogP contribution in [0.5, 0.6) is 0 Å². The van der Waals surface area contributed by atoms with Crippen LogP contribution >= 0.6 is 0 Å². The lowest BCUT2D eigenvalue weighted by molar-refractivity contribution is -0.149. The molecule has 0 aromatic rings. The molecular formula is C8H16N2O4. The lowest BCUT2D eigenvalue weighted by atomic mass is 10.2. The molecule has 3 N–H and O–H groups in total. The van der Waals surface area contributed by atoms with Crippen LogP contribution in [0, 0.1) is 0 Å². The van der Waals surface area contributed by atoms with E-state index in [1.165, 1.54) is 0 Å². The van der Waals surface area contributed by atoms with Crippen molar-refractivity contribution in [2.75, 3.05) is 13.2 Å². The predicted octanol–water partition coefficient (Wildman–Crippen LogP) is -0.493. The van der Waals surface area contributed by atoms with Crippen molar-refractivity contribution in [3.63, 3.8) is 0 Å². The third-order valence-corrected chi connectivity index (χ3v) is 1.61. The van der Waals surface area contributed by atoms with Gasteiger partial charge in [0.25, 0.3) is 5.91 Å². The van der Waals surface area contributed by atoms with E-state index in [1.807, 2.05) is 19.3 Å². The lowest BCUT2D eigenvalue weighted by Gasteiger charge is -2.10. The van der Waals surface area contributed by atoms with E-state index in [-0.39, 0.29) is 18.5 Å². The van der Waals surface area contributed by atoms with Gasteiger partial charge in [0.2, 0.25) is 0 Å². The first-order valence-electron chi connectivity index (χ1n) is 4.42. The second-order valence-electron chi connectivity index (χ2n) is 2.90. The number of carboxylic acid groups (broad SMARTS) is 1. The highest BCUT2D eigenvalue weighted by atomic mass is 16.7. The van der Waals surface area contributed by atoms with Gasteiger partial charge in [0.15, 0.2) is 6.61 Å². The van der Waals surface area contributed by atoms with Gasteiger partial charge in [-0.15, -0.1) is 0 Å². The summed E-state index contributed by atoms with van der Waals surface area (Å²) in [7, 11) is 0. The zero-order valence-electron chi connectivity index (χ0n) is 8.37. The second-order valence-corrected chi connectivity index (χ2v) is 2.90. The number of aliphatic carboxylic acids is 1. The Morgan fingerprint density at radius 2 is 2.14 bits per heavy atom. The minimum Gasteiger partial charge on any atom is -0.479 e. The molecule has 0 saturated heterocycles. The Hall–Kier alpha value is -1.14. The highest BCUT2D eigenvalue weighted by molar-refractivity contribution is 5.77. The summed E-state index contributed by atoms with van der Waals surface area (Å²) in [6.45, 7) is 3.53. The van der Waals surface area contributed by atoms with Gasteiger partial charge in [-0.25, -0.2) is 10.3 Å². The summed E-state index contributed by atoms with van der Waals surface area (Å²) in [4.78, 5) is 25.3. The Morgan fingerprint density at radius 1 is 1.50 bits per heavy atom. The van der Waals surface area contributed by atoms with Crippen molar-refractivity contribution in [1.82, 2.24) is 10.8 Å². The third kappa shape index (κ3) is 7.51. The van der Waals surface area contributed by atoms with Crippen molar-refractivity contribution in [3.8, 4) is 0 Å². The van der Waals surface area contributed by atoms with E-state index in [0.717, 1.165) is 6.42 Å². The van der Waals surface area contributed by atoms with Gasteiger partial charge in [0.1, 0.15) is 0 Å². The van der Waals surface area contributed by atoms with Crippen LogP contribution in [0.4, 0.5) is 0 Å². The van der Waals surface area contributed by atoms with Crippen molar-refractivity contribution >= 4 is 11.9 Å². The van der Waals surface area contributed by atoms with Gasteiger partial charge < -0.3 is 10.4 Å². The van der Waals surface area contributed by atoms with Crippen LogP contribution in [0.1, 0.15) is 20.3 Å². The van der Waals surface area contributed by atoms with E-state index in [2.05, 4.69) is 10.2 Å². The number of hydroxylamine groups is 1. The number of carbonyl (C=O) groups excluding carboxylic acids is 1. The van der Waals surface area contributed by atoms with Crippen LogP contribution in [-0.2, 0) is 14.4 Å². The number of carboxylic acids is 1. The highest BCUT2D eigenvalue weighted by Gasteiger charge is 2.04. The Kier molecular flexibility index (Phi) is 6.69. The first-order valence-corrected chi connectivity index (χ1v) is 4.42. The maximum atomic E-state index is 11.0. The van der Waals surface area contributed by atoms with Gasteiger partial charge in [0.05, 0.1) is 6.54 Å². The molecule has 0 aromatic heterocycles. The van der Waals surface area contributed by atoms with Crippen LogP contribution in [0.3, 0.4) is 0 Å². The SMILES string of the molecule is CCC(C)NCC(=O)NOCC(=O)O. The molecular weight excluding hydrogens is 188 g/mol. The number of amides is 1. The summed E-state index contributed by atoms with van der Waals surface area (Å²) < 4.78 is 0. The van der Waals surface area contributed by atoms with Crippen molar-refractivity contribution in [2.24, 2.45) is 0 Å². The van der Waals surface area contributed by atoms with E-state index >= 15 is 0 Å². The van der Waals surface area contributed by atoms with E-state index in [4.69, 9.17) is 5.11 Å². The molecule has 14 heavy (non-hydrogen) atoms. The first-order chi connectivity index (χ1) is 6.56. The van der Waals surface area contributed by atoms with E-state index < -0.39 is 12.6 Å². The van der Waals surface area contributed by atoms with E-state index in [1.54, 1.807) is 0 Å². The van der Waals surface area contributed by atoms with Crippen LogP contribution < -0.4 is 10.8 Å². The fourth-order valence-electron chi connectivity index (χ4n) is 0.626. The number of nitrogens with one attached hydrogen (secondary N) is 2. The number of hydrogen-bond donors (Lipinski definition) is 3. The van der Waals surface area contributed by atoms with Crippen molar-refractivity contribution in [2.45, 2.75) is 26.3 Å². The zero-order valence-corrected chi connectivity index (χ0v) is 8.37. The summed E-state index contributed by atoms with van der Waals surface area (Å²) in [5.74, 6) is -1.51. The Labute approximate surface area is 82.6 Å². The molecule has 1 atom stereocenters. The minimum absolute atomic E-state index is 0.120. The Balaban J connectivity index is 3.41. The minimum atomic E-state index is -1.12. The van der Waals surface area contributed by atoms with Gasteiger partial charge in [-0.3, -0.25) is 9.63 Å².